The Kier molecular flexibility index (Phi) is 6.41. The summed E-state index contributed by atoms with van der Waals surface area (Å²) < 4.78 is 0.170. The molecule has 3 atom stereocenters. The summed E-state index contributed by atoms with van der Waals surface area (Å²) in [7, 11) is 1.93. The van der Waals surface area contributed by atoms with Gasteiger partial charge in [-0.1, -0.05) is 0 Å². The number of hydrogen-bond acceptors (Lipinski definition) is 5. The first-order chi connectivity index (χ1) is 15.8. The molecule has 2 aliphatic heterocycles. The third kappa shape index (κ3) is 4.09. The Labute approximate surface area is 195 Å². The monoisotopic (exact) mass is 452 g/mol. The fraction of sp³-hybridized carbons (Fsp3) is 0.480. The molecule has 0 saturated carbocycles. The fourth-order valence-corrected chi connectivity index (χ4v) is 5.22. The topological polar surface area (TPSA) is 85.8 Å². The number of nitrogens with zero attached hydrogens (tertiary/aromatic N) is 4. The number of carbonyl (C=O) groups excluding carboxylic acids is 1. The van der Waals surface area contributed by atoms with Crippen LogP contribution in [0.3, 0.4) is 0 Å². The zero-order chi connectivity index (χ0) is 23.8. The zero-order valence-corrected chi connectivity index (χ0v) is 19.9. The average molecular weight is 453 g/mol. The van der Waals surface area contributed by atoms with Crippen molar-refractivity contribution in [3.05, 3.63) is 42.1 Å². The molecule has 1 aromatic heterocycles. The highest BCUT2D eigenvalue weighted by molar-refractivity contribution is 5.89. The lowest BCUT2D eigenvalue weighted by molar-refractivity contribution is -0.129. The van der Waals surface area contributed by atoms with Crippen molar-refractivity contribution in [2.24, 2.45) is 0 Å². The lowest BCUT2D eigenvalue weighted by atomic mass is 9.86. The summed E-state index contributed by atoms with van der Waals surface area (Å²) >= 11 is 0. The second-order valence-corrected chi connectivity index (χ2v) is 9.18. The first kappa shape index (κ1) is 23.2. The second-order valence-electron chi connectivity index (χ2n) is 9.18. The Morgan fingerprint density at radius 3 is 2.48 bits per heavy atom. The van der Waals surface area contributed by atoms with E-state index in [1.54, 1.807) is 6.92 Å². The minimum Gasteiger partial charge on any atom is -0.465 e. The summed E-state index contributed by atoms with van der Waals surface area (Å²) in [5.74, 6) is 1.02. The van der Waals surface area contributed by atoms with Gasteiger partial charge in [-0.05, 0) is 43.7 Å². The summed E-state index contributed by atoms with van der Waals surface area (Å²) in [5, 5.41) is 13.2. The standard InChI is InChI=1S/C25H33N5O3/c1-5-29(25(32)33)22-14-17(2)30(4,18(3)31)23-8-6-19(15-21(22)23)20-7-9-24(27-16-20)28-12-10-26-11-13-28/h6-9,15-17,22,26H,5,10-14H2,1-4H3/p+1/t17-,22?,30+/m0/s1. The maximum atomic E-state index is 12.7. The van der Waals surface area contributed by atoms with Crippen molar-refractivity contribution in [3.8, 4) is 11.1 Å². The van der Waals surface area contributed by atoms with E-state index < -0.39 is 6.09 Å². The SMILES string of the molecule is CCN(C(=O)O)C1C[C@H](C)[N@+](C)(C(C)=O)c2ccc(-c3ccc(N4CCNCC4)nc3)cc21. The molecule has 1 saturated heterocycles. The van der Waals surface area contributed by atoms with Gasteiger partial charge in [0.05, 0.1) is 26.1 Å². The molecule has 8 heteroatoms. The van der Waals surface area contributed by atoms with E-state index in [-0.39, 0.29) is 22.5 Å². The van der Waals surface area contributed by atoms with Gasteiger partial charge in [-0.3, -0.25) is 0 Å². The normalized spacial score (nSPS) is 24.8. The number of pyridine rings is 1. The smallest absolute Gasteiger partial charge is 0.407 e. The lowest BCUT2D eigenvalue weighted by Crippen LogP contribution is -2.60. The van der Waals surface area contributed by atoms with Gasteiger partial charge in [-0.2, -0.15) is 0 Å². The number of hydrogen-bond donors (Lipinski definition) is 2. The predicted octanol–water partition coefficient (Wildman–Crippen LogP) is 3.48. The Morgan fingerprint density at radius 1 is 1.21 bits per heavy atom. The van der Waals surface area contributed by atoms with Crippen LogP contribution in [0.5, 0.6) is 0 Å². The molecule has 1 fully saturated rings. The maximum Gasteiger partial charge on any atom is 0.407 e. The number of carbonyl (C=O) groups is 2. The molecule has 0 aliphatic carbocycles. The van der Waals surface area contributed by atoms with Crippen molar-refractivity contribution in [2.75, 3.05) is 44.7 Å². The summed E-state index contributed by atoms with van der Waals surface area (Å²) in [6, 6.07) is 9.86. The van der Waals surface area contributed by atoms with Gasteiger partial charge in [0, 0.05) is 62.5 Å². The van der Waals surface area contributed by atoms with E-state index in [0.29, 0.717) is 13.0 Å². The number of fused-ring (bicyclic) bond motifs is 1. The minimum absolute atomic E-state index is 0.0285. The molecule has 3 heterocycles. The number of benzene rings is 1. The third-order valence-electron chi connectivity index (χ3n) is 7.47. The van der Waals surface area contributed by atoms with Crippen LogP contribution in [0.2, 0.25) is 0 Å². The van der Waals surface area contributed by atoms with Crippen LogP contribution in [0, 0.1) is 0 Å². The van der Waals surface area contributed by atoms with E-state index in [1.165, 1.54) is 4.90 Å². The van der Waals surface area contributed by atoms with Gasteiger partial charge < -0.3 is 20.2 Å². The van der Waals surface area contributed by atoms with Gasteiger partial charge in [0.15, 0.2) is 0 Å². The summed E-state index contributed by atoms with van der Waals surface area (Å²) in [6.07, 6.45) is 1.53. The van der Waals surface area contributed by atoms with Crippen LogP contribution in [0.25, 0.3) is 11.1 Å². The summed E-state index contributed by atoms with van der Waals surface area (Å²) in [6.45, 7) is 9.68. The lowest BCUT2D eigenvalue weighted by Gasteiger charge is -2.45. The van der Waals surface area contributed by atoms with E-state index in [1.807, 2.05) is 45.3 Å². The number of carboxylic acid groups (broad SMARTS) is 1. The Hall–Kier alpha value is -2.97. The number of anilines is 1. The van der Waals surface area contributed by atoms with E-state index in [9.17, 15) is 14.7 Å². The molecule has 0 bridgehead atoms. The largest absolute Gasteiger partial charge is 0.465 e. The number of piperazine rings is 1. The van der Waals surface area contributed by atoms with E-state index in [4.69, 9.17) is 4.98 Å². The molecule has 0 spiro atoms. The molecular formula is C25H34N5O3+. The zero-order valence-electron chi connectivity index (χ0n) is 19.9. The number of amides is 2. The molecule has 2 aromatic rings. The predicted molar refractivity (Wildman–Crippen MR) is 130 cm³/mol. The van der Waals surface area contributed by atoms with Gasteiger partial charge in [0.25, 0.3) is 0 Å². The Balaban J connectivity index is 1.76. The highest BCUT2D eigenvalue weighted by Gasteiger charge is 2.47. The molecule has 8 nitrogen and oxygen atoms in total. The molecule has 33 heavy (non-hydrogen) atoms. The summed E-state index contributed by atoms with van der Waals surface area (Å²) in [5.41, 5.74) is 3.73. The van der Waals surface area contributed by atoms with E-state index in [2.05, 4.69) is 22.3 Å². The number of nitrogens with one attached hydrogen (secondary N) is 1. The number of quaternary nitrogens is 1. The highest BCUT2D eigenvalue weighted by atomic mass is 16.4. The van der Waals surface area contributed by atoms with Crippen molar-refractivity contribution < 1.29 is 14.7 Å². The molecular weight excluding hydrogens is 418 g/mol. The third-order valence-corrected chi connectivity index (χ3v) is 7.47. The Morgan fingerprint density at radius 2 is 1.91 bits per heavy atom. The number of aromatic nitrogens is 1. The second kappa shape index (κ2) is 9.11. The van der Waals surface area contributed by atoms with Crippen molar-refractivity contribution in [1.29, 1.82) is 0 Å². The fourth-order valence-electron chi connectivity index (χ4n) is 5.22. The van der Waals surface area contributed by atoms with Gasteiger partial charge in [0.1, 0.15) is 11.5 Å². The molecule has 0 radical (unpaired) electrons. The first-order valence-electron chi connectivity index (χ1n) is 11.7. The summed E-state index contributed by atoms with van der Waals surface area (Å²) in [4.78, 5) is 33.2. The highest BCUT2D eigenvalue weighted by Crippen LogP contribution is 2.45. The van der Waals surface area contributed by atoms with E-state index in [0.717, 1.165) is 54.4 Å². The van der Waals surface area contributed by atoms with Gasteiger partial charge in [-0.25, -0.2) is 19.1 Å². The van der Waals surface area contributed by atoms with Crippen LogP contribution in [0.1, 0.15) is 38.8 Å². The maximum absolute atomic E-state index is 12.7. The molecule has 2 N–H and O–H groups in total. The molecule has 1 aromatic carbocycles. The van der Waals surface area contributed by atoms with Crippen LogP contribution in [0.4, 0.5) is 16.3 Å². The molecule has 176 valence electrons. The molecule has 4 rings (SSSR count). The van der Waals surface area contributed by atoms with Crippen LogP contribution in [0.15, 0.2) is 36.5 Å². The molecule has 2 aliphatic rings. The van der Waals surface area contributed by atoms with Crippen LogP contribution >= 0.6 is 0 Å². The average Bonchev–Trinajstić information content (AvgIpc) is 2.82. The molecule has 2 amide bonds. The van der Waals surface area contributed by atoms with Gasteiger partial charge in [-0.15, -0.1) is 0 Å². The van der Waals surface area contributed by atoms with Crippen LogP contribution in [-0.2, 0) is 4.79 Å². The minimum atomic E-state index is -0.938. The van der Waals surface area contributed by atoms with Crippen molar-refractivity contribution in [1.82, 2.24) is 19.7 Å². The number of rotatable bonds is 4. The van der Waals surface area contributed by atoms with Gasteiger partial charge in [0.2, 0.25) is 0 Å². The van der Waals surface area contributed by atoms with Crippen molar-refractivity contribution in [3.63, 3.8) is 0 Å². The van der Waals surface area contributed by atoms with Crippen molar-refractivity contribution in [2.45, 2.75) is 39.3 Å². The van der Waals surface area contributed by atoms with E-state index >= 15 is 0 Å². The Bertz CT molecular complexity index is 1030. The van der Waals surface area contributed by atoms with Gasteiger partial charge >= 0.3 is 12.0 Å². The first-order valence-corrected chi connectivity index (χ1v) is 11.7. The van der Waals surface area contributed by atoms with Crippen LogP contribution in [-0.4, -0.2) is 72.8 Å². The quantitative estimate of drug-likeness (QED) is 0.691. The van der Waals surface area contributed by atoms with Crippen molar-refractivity contribution >= 4 is 23.5 Å². The molecule has 1 unspecified atom stereocenters. The van der Waals surface area contributed by atoms with Crippen LogP contribution < -0.4 is 14.7 Å².